The van der Waals surface area contributed by atoms with Crippen molar-refractivity contribution >= 4 is 21.4 Å². The molecule has 1 aromatic carbocycles. The highest BCUT2D eigenvalue weighted by molar-refractivity contribution is 7.92. The number of rotatable bonds is 4. The monoisotopic (exact) mass is 342 g/mol. The van der Waals surface area contributed by atoms with Crippen molar-refractivity contribution in [2.75, 3.05) is 24.2 Å². The van der Waals surface area contributed by atoms with Gasteiger partial charge in [-0.1, -0.05) is 6.07 Å². The van der Waals surface area contributed by atoms with E-state index < -0.39 is 21.0 Å². The first-order valence-electron chi connectivity index (χ1n) is 7.69. The average molecular weight is 342 g/mol. The lowest BCUT2D eigenvalue weighted by Crippen LogP contribution is -2.48. The third-order valence-corrected chi connectivity index (χ3v) is 5.79. The van der Waals surface area contributed by atoms with Crippen LogP contribution in [0.15, 0.2) is 18.2 Å². The van der Waals surface area contributed by atoms with Crippen LogP contribution in [-0.2, 0) is 14.6 Å². The maximum Gasteiger partial charge on any atom is 0.238 e. The van der Waals surface area contributed by atoms with E-state index in [0.29, 0.717) is 31.6 Å². The van der Waals surface area contributed by atoms with E-state index in [1.807, 2.05) is 17.9 Å². The van der Waals surface area contributed by atoms with E-state index in [0.717, 1.165) is 11.8 Å². The number of benzene rings is 1. The molecule has 1 N–H and O–H groups in total. The molecule has 1 atom stereocenters. The molecular formula is C16H23FN2O3S. The Labute approximate surface area is 136 Å². The van der Waals surface area contributed by atoms with Gasteiger partial charge >= 0.3 is 0 Å². The van der Waals surface area contributed by atoms with Gasteiger partial charge in [0.15, 0.2) is 9.84 Å². The summed E-state index contributed by atoms with van der Waals surface area (Å²) in [6.07, 6.45) is 2.38. The molecule has 23 heavy (non-hydrogen) atoms. The smallest absolute Gasteiger partial charge is 0.238 e. The van der Waals surface area contributed by atoms with Crippen LogP contribution in [0, 0.1) is 12.7 Å². The van der Waals surface area contributed by atoms with E-state index in [9.17, 15) is 17.6 Å². The Bertz CT molecular complexity index is 683. The molecule has 0 unspecified atom stereocenters. The molecule has 0 bridgehead atoms. The van der Waals surface area contributed by atoms with Crippen molar-refractivity contribution in [1.29, 1.82) is 0 Å². The summed E-state index contributed by atoms with van der Waals surface area (Å²) in [6, 6.07) is 4.95. The minimum atomic E-state index is -3.39. The third-order valence-electron chi connectivity index (χ3n) is 4.30. The Morgan fingerprint density at radius 1 is 1.35 bits per heavy atom. The van der Waals surface area contributed by atoms with Crippen molar-refractivity contribution in [3.8, 4) is 0 Å². The van der Waals surface area contributed by atoms with Crippen LogP contribution in [0.2, 0.25) is 0 Å². The van der Waals surface area contributed by atoms with Gasteiger partial charge in [-0.15, -0.1) is 0 Å². The topological polar surface area (TPSA) is 66.5 Å². The highest BCUT2D eigenvalue weighted by Gasteiger charge is 2.28. The number of aryl methyl sites for hydroxylation is 1. The molecule has 0 radical (unpaired) electrons. The van der Waals surface area contributed by atoms with E-state index in [2.05, 4.69) is 5.32 Å². The van der Waals surface area contributed by atoms with Crippen molar-refractivity contribution in [3.63, 3.8) is 0 Å². The maximum absolute atomic E-state index is 13.9. The average Bonchev–Trinajstić information content (AvgIpc) is 2.49. The number of hydrogen-bond acceptors (Lipinski definition) is 4. The number of hydrogen-bond donors (Lipinski definition) is 1. The number of nitrogens with one attached hydrogen (secondary N) is 1. The fraction of sp³-hybridized carbons (Fsp3) is 0.562. The summed E-state index contributed by atoms with van der Waals surface area (Å²) in [4.78, 5) is 13.9. The summed E-state index contributed by atoms with van der Waals surface area (Å²) >= 11 is 0. The zero-order chi connectivity index (χ0) is 17.2. The first-order valence-corrected chi connectivity index (χ1v) is 9.64. The fourth-order valence-electron chi connectivity index (χ4n) is 2.64. The molecule has 1 fully saturated rings. The van der Waals surface area contributed by atoms with E-state index in [1.54, 1.807) is 6.07 Å². The van der Waals surface area contributed by atoms with Crippen LogP contribution in [-0.4, -0.2) is 45.0 Å². The number of carbonyl (C=O) groups is 1. The van der Waals surface area contributed by atoms with Crippen LogP contribution in [0.3, 0.4) is 0 Å². The molecule has 0 aromatic heterocycles. The fourth-order valence-corrected chi connectivity index (χ4v) is 3.10. The molecular weight excluding hydrogens is 319 g/mol. The molecule has 0 aliphatic carbocycles. The van der Waals surface area contributed by atoms with Crippen molar-refractivity contribution in [1.82, 2.24) is 5.32 Å². The Balaban J connectivity index is 1.94. The van der Waals surface area contributed by atoms with Gasteiger partial charge in [0.25, 0.3) is 0 Å². The lowest BCUT2D eigenvalue weighted by molar-refractivity contribution is -0.121. The largest absolute Gasteiger partial charge is 0.369 e. The van der Waals surface area contributed by atoms with Crippen LogP contribution < -0.4 is 10.2 Å². The Morgan fingerprint density at radius 3 is 2.52 bits per heavy atom. The van der Waals surface area contributed by atoms with Gasteiger partial charge in [0.1, 0.15) is 11.1 Å². The SMILES string of the molecule is Cc1ccc(F)c(N2CCC(NC(=O)[C@H](C)S(C)(=O)=O)CC2)c1. The molecule has 5 nitrogen and oxygen atoms in total. The molecule has 1 heterocycles. The van der Waals surface area contributed by atoms with Gasteiger partial charge in [0, 0.05) is 25.4 Å². The lowest BCUT2D eigenvalue weighted by Gasteiger charge is -2.34. The number of piperidine rings is 1. The third kappa shape index (κ3) is 4.43. The molecule has 1 aliphatic heterocycles. The summed E-state index contributed by atoms with van der Waals surface area (Å²) in [6.45, 7) is 4.56. The van der Waals surface area contributed by atoms with Crippen LogP contribution in [0.4, 0.5) is 10.1 Å². The second-order valence-corrected chi connectivity index (χ2v) is 8.56. The van der Waals surface area contributed by atoms with E-state index in [4.69, 9.17) is 0 Å². The molecule has 1 amide bonds. The molecule has 2 rings (SSSR count). The van der Waals surface area contributed by atoms with E-state index in [1.165, 1.54) is 13.0 Å². The number of anilines is 1. The van der Waals surface area contributed by atoms with Crippen molar-refractivity contribution in [2.45, 2.75) is 38.0 Å². The Kier molecular flexibility index (Phi) is 5.29. The molecule has 1 saturated heterocycles. The highest BCUT2D eigenvalue weighted by Crippen LogP contribution is 2.24. The zero-order valence-corrected chi connectivity index (χ0v) is 14.5. The summed E-state index contributed by atoms with van der Waals surface area (Å²) < 4.78 is 36.7. The van der Waals surface area contributed by atoms with Crippen LogP contribution >= 0.6 is 0 Å². The number of sulfone groups is 1. The van der Waals surface area contributed by atoms with E-state index in [-0.39, 0.29) is 11.9 Å². The van der Waals surface area contributed by atoms with Crippen LogP contribution in [0.5, 0.6) is 0 Å². The predicted octanol–water partition coefficient (Wildman–Crippen LogP) is 1.65. The molecule has 7 heteroatoms. The molecule has 0 saturated carbocycles. The molecule has 1 aliphatic rings. The minimum Gasteiger partial charge on any atom is -0.369 e. The first kappa shape index (κ1) is 17.7. The Hall–Kier alpha value is -1.63. The van der Waals surface area contributed by atoms with Crippen LogP contribution in [0.1, 0.15) is 25.3 Å². The number of halogens is 1. The molecule has 1 aromatic rings. The van der Waals surface area contributed by atoms with Crippen LogP contribution in [0.25, 0.3) is 0 Å². The standard InChI is InChI=1S/C16H23FN2O3S/c1-11-4-5-14(17)15(10-11)19-8-6-13(7-9-19)18-16(20)12(2)23(3,21)22/h4-5,10,12-13H,6-9H2,1-3H3,(H,18,20)/t12-/m0/s1. The summed E-state index contributed by atoms with van der Waals surface area (Å²) in [5.41, 5.74) is 1.58. The molecule has 0 spiro atoms. The first-order chi connectivity index (χ1) is 10.7. The second kappa shape index (κ2) is 6.86. The predicted molar refractivity (Wildman–Crippen MR) is 88.8 cm³/mol. The number of nitrogens with zero attached hydrogens (tertiary/aromatic N) is 1. The number of amides is 1. The van der Waals surface area contributed by atoms with Gasteiger partial charge in [-0.05, 0) is 44.4 Å². The van der Waals surface area contributed by atoms with Crippen molar-refractivity contribution < 1.29 is 17.6 Å². The summed E-state index contributed by atoms with van der Waals surface area (Å²) in [5, 5.41) is 1.74. The lowest BCUT2D eigenvalue weighted by atomic mass is 10.0. The highest BCUT2D eigenvalue weighted by atomic mass is 32.2. The maximum atomic E-state index is 13.9. The van der Waals surface area contributed by atoms with Gasteiger partial charge in [0.2, 0.25) is 5.91 Å². The normalized spacial score (nSPS) is 17.8. The quantitative estimate of drug-likeness (QED) is 0.904. The van der Waals surface area contributed by atoms with Gasteiger partial charge in [0.05, 0.1) is 5.69 Å². The van der Waals surface area contributed by atoms with Gasteiger partial charge in [-0.3, -0.25) is 4.79 Å². The van der Waals surface area contributed by atoms with Gasteiger partial charge in [-0.2, -0.15) is 0 Å². The number of carbonyl (C=O) groups excluding carboxylic acids is 1. The minimum absolute atomic E-state index is 0.0733. The Morgan fingerprint density at radius 2 is 1.96 bits per heavy atom. The zero-order valence-electron chi connectivity index (χ0n) is 13.7. The van der Waals surface area contributed by atoms with Crippen molar-refractivity contribution in [3.05, 3.63) is 29.6 Å². The van der Waals surface area contributed by atoms with Gasteiger partial charge < -0.3 is 10.2 Å². The van der Waals surface area contributed by atoms with Gasteiger partial charge in [-0.25, -0.2) is 12.8 Å². The summed E-state index contributed by atoms with van der Waals surface area (Å²) in [5.74, 6) is -0.712. The van der Waals surface area contributed by atoms with E-state index >= 15 is 0 Å². The second-order valence-electron chi connectivity index (χ2n) is 6.20. The van der Waals surface area contributed by atoms with Crippen molar-refractivity contribution in [2.24, 2.45) is 0 Å². The molecule has 128 valence electrons. The summed E-state index contributed by atoms with van der Waals surface area (Å²) in [7, 11) is -3.39.